The summed E-state index contributed by atoms with van der Waals surface area (Å²) >= 11 is 0. The van der Waals surface area contributed by atoms with Gasteiger partial charge < -0.3 is 4.74 Å². The highest BCUT2D eigenvalue weighted by atomic mass is 35.5. The van der Waals surface area contributed by atoms with Crippen LogP contribution >= 0.6 is 12.4 Å². The van der Waals surface area contributed by atoms with Crippen LogP contribution in [0.3, 0.4) is 0 Å². The fourth-order valence-corrected chi connectivity index (χ4v) is 5.54. The number of benzene rings is 1. The summed E-state index contributed by atoms with van der Waals surface area (Å²) in [5, 5.41) is 0. The van der Waals surface area contributed by atoms with Crippen molar-refractivity contribution in [1.29, 1.82) is 0 Å². The maximum atomic E-state index is 12.7. The van der Waals surface area contributed by atoms with Crippen LogP contribution in [0.2, 0.25) is 0 Å². The van der Waals surface area contributed by atoms with Crippen molar-refractivity contribution in [1.82, 2.24) is 4.90 Å². The first-order valence-corrected chi connectivity index (χ1v) is 9.83. The van der Waals surface area contributed by atoms with E-state index in [-0.39, 0.29) is 35.8 Å². The Morgan fingerprint density at radius 1 is 1.27 bits per heavy atom. The molecule has 1 aromatic carbocycles. The molecule has 0 N–H and O–H groups in total. The second-order valence-corrected chi connectivity index (χ2v) is 7.94. The molecule has 4 unspecified atom stereocenters. The fraction of sp³-hybridized carbons (Fsp3) is 0.591. The lowest BCUT2D eigenvalue weighted by Crippen LogP contribution is -2.64. The Bertz CT molecular complexity index is 674. The molecule has 0 aromatic heterocycles. The Kier molecular flexibility index (Phi) is 5.78. The normalized spacial score (nSPS) is 33.0. The number of nitrogens with zero attached hydrogens (tertiary/aromatic N) is 1. The van der Waals surface area contributed by atoms with Crippen LogP contribution in [0.15, 0.2) is 42.0 Å². The molecule has 1 saturated carbocycles. The molecule has 26 heavy (non-hydrogen) atoms. The summed E-state index contributed by atoms with van der Waals surface area (Å²) in [6.45, 7) is 5.67. The van der Waals surface area contributed by atoms with E-state index >= 15 is 0 Å². The third-order valence-corrected chi connectivity index (χ3v) is 6.80. The van der Waals surface area contributed by atoms with Gasteiger partial charge in [-0.05, 0) is 45.1 Å². The second-order valence-electron chi connectivity index (χ2n) is 7.94. The first-order chi connectivity index (χ1) is 12.2. The number of carbonyl (C=O) groups excluding carboxylic acids is 1. The maximum Gasteiger partial charge on any atom is 0.310 e. The van der Waals surface area contributed by atoms with Crippen LogP contribution < -0.4 is 0 Å². The lowest BCUT2D eigenvalue weighted by Gasteiger charge is -2.61. The maximum absolute atomic E-state index is 12.7. The van der Waals surface area contributed by atoms with Gasteiger partial charge in [-0.1, -0.05) is 48.4 Å². The largest absolute Gasteiger partial charge is 0.466 e. The number of fused-ring (bicyclic) bond motifs is 2. The molecule has 142 valence electrons. The Morgan fingerprint density at radius 3 is 2.77 bits per heavy atom. The Labute approximate surface area is 163 Å². The van der Waals surface area contributed by atoms with E-state index in [4.69, 9.17) is 4.74 Å². The summed E-state index contributed by atoms with van der Waals surface area (Å²) in [4.78, 5) is 15.3. The average molecular weight is 376 g/mol. The average Bonchev–Trinajstić information content (AvgIpc) is 2.64. The van der Waals surface area contributed by atoms with Crippen LogP contribution in [-0.4, -0.2) is 29.6 Å². The van der Waals surface area contributed by atoms with E-state index in [9.17, 15) is 4.79 Å². The third kappa shape index (κ3) is 3.10. The molecular weight excluding hydrogens is 346 g/mol. The molecule has 2 aliphatic heterocycles. The standard InChI is InChI=1S/C22H29NO2.ClH/c1-3-25-21(24)19-14-22-12-8-7-11-18(22)13-20(19)23(16(22)2)15-17-9-5-4-6-10-17;/h4-6,9-10,13,16,19-20H,3,7-8,11-12,14-15H2,1-2H3;1H. The zero-order chi connectivity index (χ0) is 17.4. The molecule has 2 heterocycles. The molecule has 3 nitrogen and oxygen atoms in total. The molecule has 4 aliphatic rings. The van der Waals surface area contributed by atoms with Gasteiger partial charge in [0.25, 0.3) is 0 Å². The van der Waals surface area contributed by atoms with Crippen molar-refractivity contribution in [3.05, 3.63) is 47.5 Å². The smallest absolute Gasteiger partial charge is 0.310 e. The summed E-state index contributed by atoms with van der Waals surface area (Å²) in [5.41, 5.74) is 3.13. The monoisotopic (exact) mass is 375 g/mol. The van der Waals surface area contributed by atoms with Gasteiger partial charge in [0.2, 0.25) is 0 Å². The lowest BCUT2D eigenvalue weighted by atomic mass is 9.54. The molecular formula is C22H30ClNO2. The first-order valence-electron chi connectivity index (χ1n) is 9.83. The summed E-state index contributed by atoms with van der Waals surface area (Å²) < 4.78 is 5.45. The van der Waals surface area contributed by atoms with Crippen LogP contribution in [0.1, 0.15) is 51.5 Å². The Balaban J connectivity index is 0.00000196. The molecule has 1 aromatic rings. The summed E-state index contributed by atoms with van der Waals surface area (Å²) in [5.74, 6) is -0.0144. The van der Waals surface area contributed by atoms with E-state index in [0.717, 1.165) is 13.0 Å². The molecule has 2 bridgehead atoms. The van der Waals surface area contributed by atoms with Gasteiger partial charge in [0.05, 0.1) is 12.5 Å². The molecule has 2 aliphatic carbocycles. The van der Waals surface area contributed by atoms with Crippen molar-refractivity contribution < 1.29 is 9.53 Å². The van der Waals surface area contributed by atoms with Gasteiger partial charge in [-0.2, -0.15) is 0 Å². The number of esters is 1. The summed E-state index contributed by atoms with van der Waals surface area (Å²) in [6.07, 6.45) is 8.43. The van der Waals surface area contributed by atoms with Crippen molar-refractivity contribution in [2.24, 2.45) is 11.3 Å². The van der Waals surface area contributed by atoms with Crippen molar-refractivity contribution in [2.45, 2.75) is 64.6 Å². The van der Waals surface area contributed by atoms with Gasteiger partial charge in [0, 0.05) is 24.0 Å². The quantitative estimate of drug-likeness (QED) is 0.561. The number of hydrogen-bond donors (Lipinski definition) is 0. The summed E-state index contributed by atoms with van der Waals surface area (Å²) in [7, 11) is 0. The Hall–Kier alpha value is -1.32. The van der Waals surface area contributed by atoms with Gasteiger partial charge >= 0.3 is 5.97 Å². The fourth-order valence-electron chi connectivity index (χ4n) is 5.54. The molecule has 0 radical (unpaired) electrons. The molecule has 4 heteroatoms. The number of rotatable bonds is 4. The number of halogens is 1. The van der Waals surface area contributed by atoms with Gasteiger partial charge in [0.1, 0.15) is 0 Å². The van der Waals surface area contributed by atoms with Crippen LogP contribution in [0, 0.1) is 11.3 Å². The number of piperidine rings is 1. The number of carbonyl (C=O) groups is 1. The van der Waals surface area contributed by atoms with E-state index in [1.807, 2.05) is 6.92 Å². The lowest BCUT2D eigenvalue weighted by molar-refractivity contribution is -0.158. The van der Waals surface area contributed by atoms with Gasteiger partial charge in [-0.3, -0.25) is 9.69 Å². The molecule has 2 fully saturated rings. The van der Waals surface area contributed by atoms with E-state index in [0.29, 0.717) is 12.6 Å². The van der Waals surface area contributed by atoms with Gasteiger partial charge in [0.15, 0.2) is 0 Å². The number of hydrogen-bond acceptors (Lipinski definition) is 3. The van der Waals surface area contributed by atoms with Crippen LogP contribution in [-0.2, 0) is 16.1 Å². The van der Waals surface area contributed by atoms with Crippen molar-refractivity contribution >= 4 is 18.4 Å². The van der Waals surface area contributed by atoms with E-state index in [1.54, 1.807) is 5.57 Å². The third-order valence-electron chi connectivity index (χ3n) is 6.80. The first kappa shape index (κ1) is 19.4. The van der Waals surface area contributed by atoms with E-state index < -0.39 is 0 Å². The highest BCUT2D eigenvalue weighted by Crippen LogP contribution is 2.58. The zero-order valence-electron chi connectivity index (χ0n) is 15.8. The van der Waals surface area contributed by atoms with Crippen LogP contribution in [0.4, 0.5) is 0 Å². The van der Waals surface area contributed by atoms with E-state index in [2.05, 4.69) is 48.2 Å². The molecule has 1 saturated heterocycles. The number of ether oxygens (including phenoxy) is 1. The van der Waals surface area contributed by atoms with Gasteiger partial charge in [-0.15, -0.1) is 12.4 Å². The highest BCUT2D eigenvalue weighted by Gasteiger charge is 2.57. The predicted molar refractivity (Wildman–Crippen MR) is 106 cm³/mol. The summed E-state index contributed by atoms with van der Waals surface area (Å²) in [6, 6.07) is 11.3. The van der Waals surface area contributed by atoms with Crippen molar-refractivity contribution in [2.75, 3.05) is 6.61 Å². The van der Waals surface area contributed by atoms with Crippen molar-refractivity contribution in [3.8, 4) is 0 Å². The van der Waals surface area contributed by atoms with Crippen LogP contribution in [0.5, 0.6) is 0 Å². The Morgan fingerprint density at radius 2 is 2.04 bits per heavy atom. The van der Waals surface area contributed by atoms with Crippen LogP contribution in [0.25, 0.3) is 0 Å². The van der Waals surface area contributed by atoms with Gasteiger partial charge in [-0.25, -0.2) is 0 Å². The van der Waals surface area contributed by atoms with E-state index in [1.165, 1.54) is 31.2 Å². The minimum Gasteiger partial charge on any atom is -0.466 e. The SMILES string of the molecule is CCOC(=O)C1CC23CCCCC2=CC1N(Cc1ccccc1)C3C.Cl. The topological polar surface area (TPSA) is 29.5 Å². The minimum absolute atomic E-state index is 0. The zero-order valence-corrected chi connectivity index (χ0v) is 16.6. The second kappa shape index (κ2) is 7.74. The molecule has 5 rings (SSSR count). The minimum atomic E-state index is -0.0123. The predicted octanol–water partition coefficient (Wildman–Crippen LogP) is 4.75. The molecule has 4 atom stereocenters. The molecule has 0 amide bonds. The molecule has 1 spiro atoms. The van der Waals surface area contributed by atoms with Crippen molar-refractivity contribution in [3.63, 3.8) is 0 Å². The highest BCUT2D eigenvalue weighted by molar-refractivity contribution is 5.85.